The fourth-order valence-corrected chi connectivity index (χ4v) is 5.56. The van der Waals surface area contributed by atoms with Gasteiger partial charge in [0.25, 0.3) is 0 Å². The smallest absolute Gasteiger partial charge is 0.243 e. The second-order valence-electron chi connectivity index (χ2n) is 7.04. The van der Waals surface area contributed by atoms with E-state index in [1.165, 1.54) is 22.1 Å². The Balaban J connectivity index is 1.40. The van der Waals surface area contributed by atoms with Crippen LogP contribution in [0.5, 0.6) is 0 Å². The zero-order valence-electron chi connectivity index (χ0n) is 16.0. The van der Waals surface area contributed by atoms with E-state index in [4.69, 9.17) is 0 Å². The zero-order valence-corrected chi connectivity index (χ0v) is 17.6. The molecule has 2 aromatic carbocycles. The Bertz CT molecular complexity index is 1150. The first-order chi connectivity index (χ1) is 13.9. The van der Waals surface area contributed by atoms with Gasteiger partial charge in [-0.3, -0.25) is 4.79 Å². The standard InChI is InChI=1S/C20H22N4O3S2/c1-14-7-8-17-18(11-14)23-20(22-17)28-13-19(25)21-15-5-4-6-16(12-15)29(26,27)24-9-2-3-10-24/h4-8,11-12H,2-3,9-10,13H2,1H3,(H,21,25)(H,22,23). The van der Waals surface area contributed by atoms with Gasteiger partial charge >= 0.3 is 0 Å². The van der Waals surface area contributed by atoms with Crippen LogP contribution < -0.4 is 5.32 Å². The van der Waals surface area contributed by atoms with E-state index in [0.29, 0.717) is 23.9 Å². The molecular formula is C20H22N4O3S2. The van der Waals surface area contributed by atoms with Crippen molar-refractivity contribution in [1.29, 1.82) is 0 Å². The average Bonchev–Trinajstić information content (AvgIpc) is 3.36. The number of fused-ring (bicyclic) bond motifs is 1. The van der Waals surface area contributed by atoms with Gasteiger partial charge in [-0.15, -0.1) is 0 Å². The maximum Gasteiger partial charge on any atom is 0.243 e. The number of aromatic nitrogens is 2. The summed E-state index contributed by atoms with van der Waals surface area (Å²) >= 11 is 1.30. The molecule has 0 radical (unpaired) electrons. The highest BCUT2D eigenvalue weighted by Crippen LogP contribution is 2.24. The second-order valence-corrected chi connectivity index (χ2v) is 9.94. The number of carbonyl (C=O) groups excluding carboxylic acids is 1. The number of amides is 1. The number of nitrogens with one attached hydrogen (secondary N) is 2. The van der Waals surface area contributed by atoms with Gasteiger partial charge in [-0.1, -0.05) is 23.9 Å². The largest absolute Gasteiger partial charge is 0.333 e. The number of imidazole rings is 1. The minimum absolute atomic E-state index is 0.169. The third-order valence-corrected chi connectivity index (χ3v) is 7.54. The number of rotatable bonds is 6. The van der Waals surface area contributed by atoms with Gasteiger partial charge in [0.15, 0.2) is 5.16 Å². The molecule has 2 heterocycles. The predicted octanol–water partition coefficient (Wildman–Crippen LogP) is 3.39. The number of anilines is 1. The molecule has 1 aromatic heterocycles. The highest BCUT2D eigenvalue weighted by atomic mass is 32.2. The van der Waals surface area contributed by atoms with Crippen LogP contribution in [0.3, 0.4) is 0 Å². The number of aryl methyl sites for hydroxylation is 1. The molecular weight excluding hydrogens is 408 g/mol. The van der Waals surface area contributed by atoms with Crippen LogP contribution in [0.15, 0.2) is 52.5 Å². The van der Waals surface area contributed by atoms with Crippen molar-refractivity contribution in [3.05, 3.63) is 48.0 Å². The van der Waals surface area contributed by atoms with Crippen LogP contribution in [-0.4, -0.2) is 47.4 Å². The van der Waals surface area contributed by atoms with Crippen LogP contribution in [-0.2, 0) is 14.8 Å². The van der Waals surface area contributed by atoms with Crippen molar-refractivity contribution in [3.63, 3.8) is 0 Å². The summed E-state index contributed by atoms with van der Waals surface area (Å²) in [5.41, 5.74) is 3.40. The van der Waals surface area contributed by atoms with E-state index in [9.17, 15) is 13.2 Å². The summed E-state index contributed by atoms with van der Waals surface area (Å²) in [7, 11) is -3.51. The summed E-state index contributed by atoms with van der Waals surface area (Å²) in [4.78, 5) is 20.2. The molecule has 1 saturated heterocycles. The van der Waals surface area contributed by atoms with E-state index >= 15 is 0 Å². The fourth-order valence-electron chi connectivity index (χ4n) is 3.31. The molecule has 7 nitrogen and oxygen atoms in total. The topological polar surface area (TPSA) is 95.2 Å². The van der Waals surface area contributed by atoms with E-state index in [1.54, 1.807) is 18.2 Å². The van der Waals surface area contributed by atoms with E-state index in [-0.39, 0.29) is 16.6 Å². The molecule has 1 aliphatic heterocycles. The maximum atomic E-state index is 12.7. The van der Waals surface area contributed by atoms with Crippen molar-refractivity contribution < 1.29 is 13.2 Å². The summed E-state index contributed by atoms with van der Waals surface area (Å²) < 4.78 is 26.9. The molecule has 152 valence electrons. The summed E-state index contributed by atoms with van der Waals surface area (Å²) in [5.74, 6) is -0.0515. The molecule has 2 N–H and O–H groups in total. The molecule has 0 saturated carbocycles. The number of hydrogen-bond donors (Lipinski definition) is 2. The first-order valence-corrected chi connectivity index (χ1v) is 11.8. The number of sulfonamides is 1. The molecule has 29 heavy (non-hydrogen) atoms. The van der Waals surface area contributed by atoms with Crippen LogP contribution in [0, 0.1) is 6.92 Å². The Hall–Kier alpha value is -2.36. The minimum Gasteiger partial charge on any atom is -0.333 e. The molecule has 1 aliphatic rings. The van der Waals surface area contributed by atoms with Crippen molar-refractivity contribution in [3.8, 4) is 0 Å². The molecule has 0 spiro atoms. The van der Waals surface area contributed by atoms with Gasteiger partial charge in [-0.2, -0.15) is 4.31 Å². The quantitative estimate of drug-likeness (QED) is 0.585. The van der Waals surface area contributed by atoms with Crippen LogP contribution in [0.2, 0.25) is 0 Å². The summed E-state index contributed by atoms with van der Waals surface area (Å²) in [5, 5.41) is 3.45. The van der Waals surface area contributed by atoms with E-state index in [0.717, 1.165) is 29.4 Å². The van der Waals surface area contributed by atoms with Crippen LogP contribution in [0.4, 0.5) is 5.69 Å². The summed E-state index contributed by atoms with van der Waals surface area (Å²) in [6, 6.07) is 12.4. The van der Waals surface area contributed by atoms with Gasteiger partial charge in [0, 0.05) is 18.8 Å². The Morgan fingerprint density at radius 2 is 2.00 bits per heavy atom. The number of H-pyrrole nitrogens is 1. The average molecular weight is 431 g/mol. The summed E-state index contributed by atoms with van der Waals surface area (Å²) in [6.45, 7) is 3.11. The lowest BCUT2D eigenvalue weighted by Gasteiger charge is -2.16. The van der Waals surface area contributed by atoms with Crippen molar-refractivity contribution in [2.45, 2.75) is 29.8 Å². The van der Waals surface area contributed by atoms with Crippen LogP contribution in [0.1, 0.15) is 18.4 Å². The molecule has 1 fully saturated rings. The molecule has 0 unspecified atom stereocenters. The first-order valence-electron chi connectivity index (χ1n) is 9.41. The molecule has 0 bridgehead atoms. The number of thioether (sulfide) groups is 1. The Kier molecular flexibility index (Phi) is 5.62. The second kappa shape index (κ2) is 8.17. The first kappa shape index (κ1) is 19.9. The van der Waals surface area contributed by atoms with Crippen LogP contribution >= 0.6 is 11.8 Å². The van der Waals surface area contributed by atoms with Gasteiger partial charge in [0.2, 0.25) is 15.9 Å². The molecule has 4 rings (SSSR count). The van der Waals surface area contributed by atoms with Crippen molar-refractivity contribution >= 4 is 44.4 Å². The fraction of sp³-hybridized carbons (Fsp3) is 0.300. The highest BCUT2D eigenvalue weighted by Gasteiger charge is 2.27. The lowest BCUT2D eigenvalue weighted by atomic mass is 10.2. The van der Waals surface area contributed by atoms with Gasteiger partial charge < -0.3 is 10.3 Å². The van der Waals surface area contributed by atoms with Gasteiger partial charge in [-0.05, 0) is 55.7 Å². The van der Waals surface area contributed by atoms with Crippen LogP contribution in [0.25, 0.3) is 11.0 Å². The van der Waals surface area contributed by atoms with Gasteiger partial charge in [0.05, 0.1) is 21.7 Å². The third-order valence-electron chi connectivity index (χ3n) is 4.78. The monoisotopic (exact) mass is 430 g/mol. The minimum atomic E-state index is -3.51. The van der Waals surface area contributed by atoms with Crippen molar-refractivity contribution in [1.82, 2.24) is 14.3 Å². The van der Waals surface area contributed by atoms with Crippen molar-refractivity contribution in [2.75, 3.05) is 24.2 Å². The summed E-state index contributed by atoms with van der Waals surface area (Å²) in [6.07, 6.45) is 1.77. The molecule has 0 atom stereocenters. The Labute approximate surface area is 174 Å². The number of hydrogen-bond acceptors (Lipinski definition) is 5. The predicted molar refractivity (Wildman–Crippen MR) is 115 cm³/mol. The molecule has 3 aromatic rings. The maximum absolute atomic E-state index is 12.7. The Morgan fingerprint density at radius 3 is 2.79 bits per heavy atom. The molecule has 9 heteroatoms. The van der Waals surface area contributed by atoms with E-state index in [2.05, 4.69) is 15.3 Å². The van der Waals surface area contributed by atoms with Gasteiger partial charge in [0.1, 0.15) is 0 Å². The lowest BCUT2D eigenvalue weighted by Crippen LogP contribution is -2.28. The number of aromatic amines is 1. The SMILES string of the molecule is Cc1ccc2nc(SCC(=O)Nc3cccc(S(=O)(=O)N4CCCC4)c3)[nH]c2c1. The Morgan fingerprint density at radius 1 is 1.21 bits per heavy atom. The lowest BCUT2D eigenvalue weighted by molar-refractivity contribution is -0.113. The van der Waals surface area contributed by atoms with E-state index in [1.807, 2.05) is 25.1 Å². The zero-order chi connectivity index (χ0) is 20.4. The number of benzene rings is 2. The number of nitrogens with zero attached hydrogens (tertiary/aromatic N) is 2. The van der Waals surface area contributed by atoms with E-state index < -0.39 is 10.0 Å². The normalized spacial score (nSPS) is 15.1. The van der Waals surface area contributed by atoms with Gasteiger partial charge in [-0.25, -0.2) is 13.4 Å². The third kappa shape index (κ3) is 4.47. The molecule has 0 aliphatic carbocycles. The molecule has 1 amide bonds. The highest BCUT2D eigenvalue weighted by molar-refractivity contribution is 7.99. The number of carbonyl (C=O) groups is 1. The van der Waals surface area contributed by atoms with Crippen molar-refractivity contribution in [2.24, 2.45) is 0 Å².